The Balaban J connectivity index is 2.17. The van der Waals surface area contributed by atoms with Crippen LogP contribution in [-0.4, -0.2) is 383 Å². The molecule has 0 radical (unpaired) electrons. The second-order valence-electron chi connectivity index (χ2n) is 22.8. The van der Waals surface area contributed by atoms with Crippen molar-refractivity contribution in [2.24, 2.45) is 0 Å². The van der Waals surface area contributed by atoms with Gasteiger partial charge in [0.15, 0.2) is 0 Å². The topological polar surface area (TPSA) is 417 Å². The van der Waals surface area contributed by atoms with E-state index in [-0.39, 0.29) is 150 Å². The number of unbranched alkanes of at least 4 members (excludes halogenated alkanes) is 1. The number of aliphatic carboxylic acids is 4. The highest BCUT2D eigenvalue weighted by Crippen LogP contribution is 2.12. The quantitative estimate of drug-likeness (QED) is 0.0317. The zero-order valence-electron chi connectivity index (χ0n) is 57.9. The van der Waals surface area contributed by atoms with E-state index in [1.165, 1.54) is 0 Å². The van der Waals surface area contributed by atoms with Crippen LogP contribution in [0.2, 0.25) is 0 Å². The number of carboxylic acids is 4. The zero-order chi connectivity index (χ0) is 71.3. The van der Waals surface area contributed by atoms with Gasteiger partial charge in [0.1, 0.15) is 17.7 Å². The van der Waals surface area contributed by atoms with Gasteiger partial charge in [-0.3, -0.25) is 53.2 Å². The molecule has 0 aliphatic carbocycles. The second kappa shape index (κ2) is 61.9. The van der Waals surface area contributed by atoms with Gasteiger partial charge in [0.05, 0.1) is 198 Å². The predicted molar refractivity (Wildman–Crippen MR) is 348 cm³/mol. The fraction of sp³-hybridized carbons (Fsp3) is 0.871. The molecule has 1 rings (SSSR count). The van der Waals surface area contributed by atoms with Crippen molar-refractivity contribution >= 4 is 47.7 Å². The van der Waals surface area contributed by atoms with Gasteiger partial charge in [-0.15, -0.1) is 0 Å². The molecule has 1 aliphatic rings. The number of carbonyl (C=O) groups excluding carboxylic acids is 4. The normalized spacial score (nSPS) is 14.6. The van der Waals surface area contributed by atoms with Crippen molar-refractivity contribution < 1.29 is 130 Å². The van der Waals surface area contributed by atoms with Crippen LogP contribution in [0.3, 0.4) is 0 Å². The van der Waals surface area contributed by atoms with Gasteiger partial charge in [-0.05, 0) is 46.5 Å². The van der Waals surface area contributed by atoms with E-state index in [0.717, 1.165) is 0 Å². The highest BCUT2D eigenvalue weighted by Gasteiger charge is 2.29. The lowest BCUT2D eigenvalue weighted by atomic mass is 10.1. The molecule has 35 heteroatoms. The standard InChI is InChI=1S/C62H116N8O27/c1-62(2,3)97-61(82)66-52(7-5-6-11-63-55(72)10-22-84-27-30-88-33-34-90-37-38-92-41-42-94-45-46-96-48-47-95-44-43-93-40-39-91-36-35-89-32-31-87-26-25-83-4)59(79)65-13-24-86-29-28-85-23-12-64-54(71)9-8-53(60(80)81)70-20-18-68(50-57(75)76)16-14-67(49-56(73)74)15-17-69(19-21-70)51-58(77)78/h52-53H,5-51H2,1-4H3,(H,63,72)(H,64,71)(H,65,79)(H,66,82)(H,73,74)(H,75,76)(H,77,78)(H,80,81). The lowest BCUT2D eigenvalue weighted by Crippen LogP contribution is -2.52. The van der Waals surface area contributed by atoms with Gasteiger partial charge in [-0.25, -0.2) is 4.79 Å². The molecule has 0 aromatic heterocycles. The number of amides is 4. The lowest BCUT2D eigenvalue weighted by molar-refractivity contribution is -0.145. The number of methoxy groups -OCH3 is 1. The molecule has 1 heterocycles. The Kier molecular flexibility index (Phi) is 57.3. The third-order valence-electron chi connectivity index (χ3n) is 13.7. The smallest absolute Gasteiger partial charge is 0.408 e. The minimum absolute atomic E-state index is 0.0845. The summed E-state index contributed by atoms with van der Waals surface area (Å²) in [4.78, 5) is 105. The van der Waals surface area contributed by atoms with Crippen LogP contribution in [0.1, 0.15) is 59.3 Å². The summed E-state index contributed by atoms with van der Waals surface area (Å²) in [6, 6.07) is -2.08. The average Bonchev–Trinajstić information content (AvgIpc) is 1.06. The number of ether oxygens (including phenoxy) is 15. The van der Waals surface area contributed by atoms with Gasteiger partial charge in [0, 0.05) is 91.9 Å². The van der Waals surface area contributed by atoms with Crippen molar-refractivity contribution in [3.8, 4) is 0 Å². The van der Waals surface area contributed by atoms with Crippen molar-refractivity contribution in [2.75, 3.05) is 277 Å². The molecule has 1 fully saturated rings. The van der Waals surface area contributed by atoms with E-state index in [0.29, 0.717) is 165 Å². The Morgan fingerprint density at radius 1 is 0.381 bits per heavy atom. The molecule has 0 aromatic carbocycles. The molecule has 0 aromatic rings. The zero-order valence-corrected chi connectivity index (χ0v) is 57.9. The van der Waals surface area contributed by atoms with Gasteiger partial charge in [0.25, 0.3) is 0 Å². The first-order chi connectivity index (χ1) is 46.8. The van der Waals surface area contributed by atoms with Crippen LogP contribution in [0, 0.1) is 0 Å². The van der Waals surface area contributed by atoms with Gasteiger partial charge in [-0.1, -0.05) is 0 Å². The minimum atomic E-state index is -1.21. The van der Waals surface area contributed by atoms with Crippen LogP contribution in [0.4, 0.5) is 4.79 Å². The number of nitrogens with zero attached hydrogens (tertiary/aromatic N) is 4. The van der Waals surface area contributed by atoms with Crippen LogP contribution in [0.5, 0.6) is 0 Å². The van der Waals surface area contributed by atoms with E-state index < -0.39 is 59.5 Å². The first-order valence-electron chi connectivity index (χ1n) is 33.4. The first kappa shape index (κ1) is 89.9. The number of nitrogens with one attached hydrogen (secondary N) is 4. The van der Waals surface area contributed by atoms with Crippen molar-refractivity contribution in [3.05, 3.63) is 0 Å². The van der Waals surface area contributed by atoms with E-state index in [9.17, 15) is 58.8 Å². The van der Waals surface area contributed by atoms with E-state index in [4.69, 9.17) is 71.1 Å². The first-order valence-corrected chi connectivity index (χ1v) is 33.4. The summed E-state index contributed by atoms with van der Waals surface area (Å²) in [6.45, 7) is 16.6. The number of carboxylic acid groups (broad SMARTS) is 4. The molecule has 4 amide bonds. The van der Waals surface area contributed by atoms with Crippen LogP contribution in [0.25, 0.3) is 0 Å². The van der Waals surface area contributed by atoms with E-state index >= 15 is 0 Å². The Bertz CT molecular complexity index is 2010. The maximum atomic E-state index is 13.2. The lowest BCUT2D eigenvalue weighted by Gasteiger charge is -2.35. The molecule has 2 unspecified atom stereocenters. The third kappa shape index (κ3) is 58.4. The molecule has 8 N–H and O–H groups in total. The molecule has 0 spiro atoms. The maximum absolute atomic E-state index is 13.2. The minimum Gasteiger partial charge on any atom is -0.480 e. The van der Waals surface area contributed by atoms with Crippen LogP contribution < -0.4 is 21.3 Å². The Morgan fingerprint density at radius 2 is 0.701 bits per heavy atom. The summed E-state index contributed by atoms with van der Waals surface area (Å²) in [5, 5.41) is 49.6. The highest BCUT2D eigenvalue weighted by atomic mass is 16.6. The number of hydrogen-bond acceptors (Lipinski definition) is 27. The van der Waals surface area contributed by atoms with Gasteiger partial charge >= 0.3 is 30.0 Å². The number of carbonyl (C=O) groups is 8. The summed E-state index contributed by atoms with van der Waals surface area (Å²) >= 11 is 0. The summed E-state index contributed by atoms with van der Waals surface area (Å²) < 4.78 is 81.6. The maximum Gasteiger partial charge on any atom is 0.408 e. The number of alkyl carbamates (subject to hydrolysis) is 1. The van der Waals surface area contributed by atoms with Gasteiger partial charge < -0.3 is 113 Å². The molecule has 1 aliphatic heterocycles. The Hall–Kier alpha value is -5.16. The molecule has 566 valence electrons. The largest absolute Gasteiger partial charge is 0.480 e. The monoisotopic (exact) mass is 1400 g/mol. The molecule has 2 atom stereocenters. The predicted octanol–water partition coefficient (Wildman–Crippen LogP) is -1.64. The van der Waals surface area contributed by atoms with Gasteiger partial charge in [-0.2, -0.15) is 0 Å². The molecule has 97 heavy (non-hydrogen) atoms. The average molecular weight is 1410 g/mol. The fourth-order valence-corrected chi connectivity index (χ4v) is 8.80. The van der Waals surface area contributed by atoms with Crippen LogP contribution >= 0.6 is 0 Å². The SMILES string of the molecule is COCCOCCOCCOCCOCCOCCOCCOCCOCCOCCOCCOCCC(=O)NCCCCC(NC(=O)OC(C)(C)C)C(=O)NCCOCCOCCNC(=O)CCC(C(=O)O)N1CCN(CC(=O)O)CCN(CC(=O)O)CCN(CC(=O)O)CC1. The molecule has 35 nitrogen and oxygen atoms in total. The molecular formula is C62H116N8O27. The second-order valence-corrected chi connectivity index (χ2v) is 22.8. The van der Waals surface area contributed by atoms with Gasteiger partial charge in [0.2, 0.25) is 17.7 Å². The Morgan fingerprint density at radius 3 is 1.05 bits per heavy atom. The summed E-state index contributed by atoms with van der Waals surface area (Å²) in [6.07, 6.45) is 0.443. The van der Waals surface area contributed by atoms with E-state index in [1.807, 2.05) is 0 Å². The molecule has 1 saturated heterocycles. The number of rotatable bonds is 63. The summed E-state index contributed by atoms with van der Waals surface area (Å²) in [5.74, 6) is -5.59. The molecule has 0 saturated carbocycles. The van der Waals surface area contributed by atoms with Crippen molar-refractivity contribution in [2.45, 2.75) is 77.0 Å². The van der Waals surface area contributed by atoms with Crippen molar-refractivity contribution in [3.63, 3.8) is 0 Å². The highest BCUT2D eigenvalue weighted by molar-refractivity contribution is 5.85. The Labute approximate surface area is 570 Å². The third-order valence-corrected chi connectivity index (χ3v) is 13.7. The fourth-order valence-electron chi connectivity index (χ4n) is 8.80. The van der Waals surface area contributed by atoms with Crippen LogP contribution in [-0.2, 0) is 105 Å². The van der Waals surface area contributed by atoms with Crippen molar-refractivity contribution in [1.29, 1.82) is 0 Å². The number of hydrogen-bond donors (Lipinski definition) is 8. The summed E-state index contributed by atoms with van der Waals surface area (Å²) in [5.41, 5.74) is -0.797. The summed E-state index contributed by atoms with van der Waals surface area (Å²) in [7, 11) is 1.63. The van der Waals surface area contributed by atoms with Crippen molar-refractivity contribution in [1.82, 2.24) is 40.9 Å². The molecule has 0 bridgehead atoms. The van der Waals surface area contributed by atoms with Crippen LogP contribution in [0.15, 0.2) is 0 Å². The van der Waals surface area contributed by atoms with E-state index in [1.54, 1.807) is 47.5 Å². The van der Waals surface area contributed by atoms with E-state index in [2.05, 4.69) is 21.3 Å². The molecular weight excluding hydrogens is 1290 g/mol.